The lowest BCUT2D eigenvalue weighted by Crippen LogP contribution is -2.32. The first-order chi connectivity index (χ1) is 9.10. The van der Waals surface area contributed by atoms with Gasteiger partial charge in [0.25, 0.3) is 0 Å². The van der Waals surface area contributed by atoms with E-state index in [9.17, 15) is 0 Å². The van der Waals surface area contributed by atoms with Gasteiger partial charge in [0.1, 0.15) is 0 Å². The molecule has 1 rings (SSSR count). The third kappa shape index (κ3) is 5.04. The van der Waals surface area contributed by atoms with Gasteiger partial charge in [-0.1, -0.05) is 39.3 Å². The van der Waals surface area contributed by atoms with E-state index in [1.807, 2.05) is 24.3 Å². The highest BCUT2D eigenvalue weighted by Gasteiger charge is 2.14. The molecule has 1 N–H and O–H groups in total. The van der Waals surface area contributed by atoms with Crippen molar-refractivity contribution in [2.45, 2.75) is 59.0 Å². The number of nitrogens with zero attached hydrogens (tertiary/aromatic N) is 1. The van der Waals surface area contributed by atoms with Crippen LogP contribution in [0.25, 0.3) is 0 Å². The third-order valence-electron chi connectivity index (χ3n) is 3.90. The second-order valence-corrected chi connectivity index (χ2v) is 5.48. The largest absolute Gasteiger partial charge is 0.307 e. The first-order valence-corrected chi connectivity index (χ1v) is 7.36. The van der Waals surface area contributed by atoms with Crippen LogP contribution in [0.4, 0.5) is 0 Å². The van der Waals surface area contributed by atoms with E-state index in [0.717, 1.165) is 17.9 Å². The molecule has 2 nitrogen and oxygen atoms in total. The summed E-state index contributed by atoms with van der Waals surface area (Å²) in [6, 6.07) is 10.9. The lowest BCUT2D eigenvalue weighted by atomic mass is 9.96. The maximum absolute atomic E-state index is 8.81. The van der Waals surface area contributed by atoms with Crippen molar-refractivity contribution in [3.05, 3.63) is 35.4 Å². The maximum Gasteiger partial charge on any atom is 0.0991 e. The molecule has 0 aliphatic carbocycles. The van der Waals surface area contributed by atoms with Crippen molar-refractivity contribution in [2.24, 2.45) is 5.92 Å². The SMILES string of the molecule is CCC(C)CC(CC)NC(C)c1ccc(C#N)cc1. The molecule has 0 spiro atoms. The van der Waals surface area contributed by atoms with E-state index in [1.165, 1.54) is 18.4 Å². The Bertz CT molecular complexity index is 402. The summed E-state index contributed by atoms with van der Waals surface area (Å²) in [4.78, 5) is 0. The summed E-state index contributed by atoms with van der Waals surface area (Å²) in [6.07, 6.45) is 3.63. The molecule has 0 amide bonds. The van der Waals surface area contributed by atoms with E-state index in [4.69, 9.17) is 5.26 Å². The highest BCUT2D eigenvalue weighted by Crippen LogP contribution is 2.18. The summed E-state index contributed by atoms with van der Waals surface area (Å²) < 4.78 is 0. The van der Waals surface area contributed by atoms with Crippen molar-refractivity contribution < 1.29 is 0 Å². The van der Waals surface area contributed by atoms with Crippen LogP contribution in [-0.2, 0) is 0 Å². The summed E-state index contributed by atoms with van der Waals surface area (Å²) >= 11 is 0. The number of nitriles is 1. The normalized spacial score (nSPS) is 15.5. The van der Waals surface area contributed by atoms with Gasteiger partial charge in [0.05, 0.1) is 11.6 Å². The second kappa shape index (κ2) is 7.96. The molecular weight excluding hydrogens is 232 g/mol. The molecule has 1 aromatic rings. The molecule has 104 valence electrons. The van der Waals surface area contributed by atoms with E-state index in [-0.39, 0.29) is 0 Å². The zero-order valence-corrected chi connectivity index (χ0v) is 12.6. The van der Waals surface area contributed by atoms with Crippen LogP contribution in [0.5, 0.6) is 0 Å². The summed E-state index contributed by atoms with van der Waals surface area (Å²) in [5.74, 6) is 0.769. The van der Waals surface area contributed by atoms with E-state index < -0.39 is 0 Å². The van der Waals surface area contributed by atoms with Crippen molar-refractivity contribution in [1.29, 1.82) is 5.26 Å². The Morgan fingerprint density at radius 3 is 2.21 bits per heavy atom. The Hall–Kier alpha value is -1.33. The average molecular weight is 258 g/mol. The highest BCUT2D eigenvalue weighted by atomic mass is 14.9. The fourth-order valence-corrected chi connectivity index (χ4v) is 2.30. The summed E-state index contributed by atoms with van der Waals surface area (Å²) in [5, 5.41) is 12.5. The smallest absolute Gasteiger partial charge is 0.0991 e. The fourth-order valence-electron chi connectivity index (χ4n) is 2.30. The second-order valence-electron chi connectivity index (χ2n) is 5.48. The summed E-state index contributed by atoms with van der Waals surface area (Å²) in [7, 11) is 0. The quantitative estimate of drug-likeness (QED) is 0.785. The van der Waals surface area contributed by atoms with Crippen LogP contribution in [0.1, 0.15) is 64.1 Å². The molecule has 3 unspecified atom stereocenters. The van der Waals surface area contributed by atoms with Gasteiger partial charge < -0.3 is 5.32 Å². The zero-order valence-electron chi connectivity index (χ0n) is 12.6. The van der Waals surface area contributed by atoms with Gasteiger partial charge in [-0.15, -0.1) is 0 Å². The molecule has 1 aromatic carbocycles. The predicted molar refractivity (Wildman–Crippen MR) is 80.9 cm³/mol. The lowest BCUT2D eigenvalue weighted by Gasteiger charge is -2.25. The monoisotopic (exact) mass is 258 g/mol. The highest BCUT2D eigenvalue weighted by molar-refractivity contribution is 5.32. The predicted octanol–water partition coefficient (Wildman–Crippen LogP) is 4.42. The van der Waals surface area contributed by atoms with E-state index in [2.05, 4.69) is 39.1 Å². The first kappa shape index (κ1) is 15.7. The Kier molecular flexibility index (Phi) is 6.59. The molecule has 2 heteroatoms. The van der Waals surface area contributed by atoms with Crippen LogP contribution >= 0.6 is 0 Å². The number of nitrogens with one attached hydrogen (secondary N) is 1. The molecule has 0 aliphatic rings. The maximum atomic E-state index is 8.81. The van der Waals surface area contributed by atoms with Gasteiger partial charge in [0.2, 0.25) is 0 Å². The molecular formula is C17H26N2. The Labute approximate surface area is 117 Å². The molecule has 0 heterocycles. The van der Waals surface area contributed by atoms with Crippen LogP contribution in [0.2, 0.25) is 0 Å². The van der Waals surface area contributed by atoms with E-state index in [1.54, 1.807) is 0 Å². The molecule has 0 aliphatic heterocycles. The molecule has 0 bridgehead atoms. The van der Waals surface area contributed by atoms with Crippen LogP contribution < -0.4 is 5.32 Å². The van der Waals surface area contributed by atoms with Crippen molar-refractivity contribution in [3.8, 4) is 6.07 Å². The molecule has 3 atom stereocenters. The minimum absolute atomic E-state index is 0.335. The van der Waals surface area contributed by atoms with Crippen LogP contribution in [-0.4, -0.2) is 6.04 Å². The minimum Gasteiger partial charge on any atom is -0.307 e. The van der Waals surface area contributed by atoms with Gasteiger partial charge >= 0.3 is 0 Å². The Morgan fingerprint density at radius 1 is 1.11 bits per heavy atom. The molecule has 0 saturated heterocycles. The third-order valence-corrected chi connectivity index (χ3v) is 3.90. The Balaban J connectivity index is 2.60. The van der Waals surface area contributed by atoms with Crippen molar-refractivity contribution in [1.82, 2.24) is 5.32 Å². The molecule has 19 heavy (non-hydrogen) atoms. The van der Waals surface area contributed by atoms with Gasteiger partial charge in [0.15, 0.2) is 0 Å². The number of hydrogen-bond donors (Lipinski definition) is 1. The van der Waals surface area contributed by atoms with Gasteiger partial charge in [-0.3, -0.25) is 0 Å². The zero-order chi connectivity index (χ0) is 14.3. The van der Waals surface area contributed by atoms with Crippen molar-refractivity contribution in [2.75, 3.05) is 0 Å². The summed E-state index contributed by atoms with van der Waals surface area (Å²) in [6.45, 7) is 9.00. The standard InChI is InChI=1S/C17H26N2/c1-5-13(3)11-17(6-2)19-14(4)16-9-7-15(12-18)8-10-16/h7-10,13-14,17,19H,5-6,11H2,1-4H3. The molecule has 0 fully saturated rings. The van der Waals surface area contributed by atoms with Gasteiger partial charge in [-0.2, -0.15) is 5.26 Å². The topological polar surface area (TPSA) is 35.8 Å². The fraction of sp³-hybridized carbons (Fsp3) is 0.588. The van der Waals surface area contributed by atoms with Crippen LogP contribution in [0.3, 0.4) is 0 Å². The number of rotatable bonds is 7. The number of hydrogen-bond acceptors (Lipinski definition) is 2. The number of benzene rings is 1. The lowest BCUT2D eigenvalue weighted by molar-refractivity contribution is 0.359. The van der Waals surface area contributed by atoms with Gasteiger partial charge in [-0.25, -0.2) is 0 Å². The summed E-state index contributed by atoms with van der Waals surface area (Å²) in [5.41, 5.74) is 1.98. The first-order valence-electron chi connectivity index (χ1n) is 7.36. The van der Waals surface area contributed by atoms with Crippen LogP contribution in [0, 0.1) is 17.2 Å². The van der Waals surface area contributed by atoms with E-state index in [0.29, 0.717) is 12.1 Å². The molecule has 0 saturated carbocycles. The molecule has 0 aromatic heterocycles. The van der Waals surface area contributed by atoms with Gasteiger partial charge in [0, 0.05) is 12.1 Å². The average Bonchev–Trinajstić information content (AvgIpc) is 2.46. The van der Waals surface area contributed by atoms with Crippen molar-refractivity contribution >= 4 is 0 Å². The Morgan fingerprint density at radius 2 is 1.74 bits per heavy atom. The van der Waals surface area contributed by atoms with E-state index >= 15 is 0 Å². The van der Waals surface area contributed by atoms with Crippen molar-refractivity contribution in [3.63, 3.8) is 0 Å². The molecule has 0 radical (unpaired) electrons. The minimum atomic E-state index is 0.335. The van der Waals surface area contributed by atoms with Gasteiger partial charge in [-0.05, 0) is 43.4 Å². The van der Waals surface area contributed by atoms with Crippen LogP contribution in [0.15, 0.2) is 24.3 Å².